The molecule has 3 aliphatic rings. The molecule has 0 aromatic carbocycles. The Balaban J connectivity index is 0. The molecule has 3 rings (SSSR count). The van der Waals surface area contributed by atoms with Crippen LogP contribution in [0.25, 0.3) is 0 Å². The summed E-state index contributed by atoms with van der Waals surface area (Å²) >= 11 is 0. The van der Waals surface area contributed by atoms with Gasteiger partial charge in [-0.15, -0.1) is 19.4 Å². The van der Waals surface area contributed by atoms with Crippen LogP contribution in [0.2, 0.25) is 0 Å². The smallest absolute Gasteiger partial charge is 0.0120 e. The molecule has 174 valence electrons. The highest BCUT2D eigenvalue weighted by Gasteiger charge is 2.56. The van der Waals surface area contributed by atoms with E-state index < -0.39 is 0 Å². The van der Waals surface area contributed by atoms with Crippen molar-refractivity contribution in [1.82, 2.24) is 0 Å². The average molecular weight is 416 g/mol. The third-order valence-electron chi connectivity index (χ3n) is 7.75. The summed E-state index contributed by atoms with van der Waals surface area (Å²) < 4.78 is 0. The summed E-state index contributed by atoms with van der Waals surface area (Å²) in [7, 11) is 0. The Hall–Kier alpha value is -1.29. The molecule has 1 N–H and O–H groups in total. The molecule has 5 unspecified atom stereocenters. The molecule has 0 heterocycles. The molecule has 1 heteroatoms. The molecule has 0 aromatic rings. The molecule has 2 saturated carbocycles. The van der Waals surface area contributed by atoms with Crippen molar-refractivity contribution in [2.75, 3.05) is 0 Å². The van der Waals surface area contributed by atoms with Gasteiger partial charge in [-0.3, -0.25) is 0 Å². The summed E-state index contributed by atoms with van der Waals surface area (Å²) in [5, 5.41) is 8.39. The van der Waals surface area contributed by atoms with E-state index in [-0.39, 0.29) is 10.8 Å². The first-order valence-corrected chi connectivity index (χ1v) is 12.5. The van der Waals surface area contributed by atoms with Crippen molar-refractivity contribution >= 4 is 5.71 Å². The summed E-state index contributed by atoms with van der Waals surface area (Å²) in [5.74, 6) is 1.44. The van der Waals surface area contributed by atoms with E-state index in [2.05, 4.69) is 52.3 Å². The molecule has 2 fully saturated rings. The third-order valence-corrected chi connectivity index (χ3v) is 7.75. The second-order valence-electron chi connectivity index (χ2n) is 9.01. The predicted octanol–water partition coefficient (Wildman–Crippen LogP) is 9.49. The highest BCUT2D eigenvalue weighted by Crippen LogP contribution is 2.64. The minimum Gasteiger partial charge on any atom is -0.309 e. The normalized spacial score (nSPS) is 35.8. The van der Waals surface area contributed by atoms with Gasteiger partial charge in [0.05, 0.1) is 0 Å². The van der Waals surface area contributed by atoms with Gasteiger partial charge in [0.1, 0.15) is 0 Å². The second-order valence-corrected chi connectivity index (χ2v) is 9.01. The molecular formula is C29H53N. The Morgan fingerprint density at radius 2 is 1.53 bits per heavy atom. The molecule has 0 aliphatic heterocycles. The van der Waals surface area contributed by atoms with Gasteiger partial charge in [-0.2, -0.15) is 0 Å². The van der Waals surface area contributed by atoms with E-state index in [1.165, 1.54) is 44.9 Å². The van der Waals surface area contributed by atoms with E-state index in [1.54, 1.807) is 5.57 Å². The Kier molecular flexibility index (Phi) is 14.3. The van der Waals surface area contributed by atoms with E-state index >= 15 is 0 Å². The number of rotatable bonds is 2. The van der Waals surface area contributed by atoms with E-state index in [0.29, 0.717) is 11.3 Å². The van der Waals surface area contributed by atoms with Crippen LogP contribution in [0.1, 0.15) is 114 Å². The largest absolute Gasteiger partial charge is 0.309 e. The van der Waals surface area contributed by atoms with Gasteiger partial charge >= 0.3 is 0 Å². The van der Waals surface area contributed by atoms with Gasteiger partial charge < -0.3 is 5.41 Å². The Bertz CT molecular complexity index is 568. The van der Waals surface area contributed by atoms with Crippen molar-refractivity contribution < 1.29 is 0 Å². The summed E-state index contributed by atoms with van der Waals surface area (Å²) in [6, 6.07) is 0. The van der Waals surface area contributed by atoms with Crippen molar-refractivity contribution in [3.05, 3.63) is 24.3 Å². The summed E-state index contributed by atoms with van der Waals surface area (Å²) in [4.78, 5) is 0. The minimum atomic E-state index is 0.137. The standard InChI is InChI=1S/C21H33N.3C2H6.C2H2/c1-6-19(3)13-10-17-16(14-19)8-9-18-20(4,15(2)22)11-7-12-21(17,18)5;4*1-2/h6,14,17-18,22H,1,7-13H2,2-5H3;3*1-2H3;1-2H. The maximum Gasteiger partial charge on any atom is 0.0120 e. The first kappa shape index (κ1) is 30.9. The number of hydrogen-bond acceptors (Lipinski definition) is 1. The summed E-state index contributed by atoms with van der Waals surface area (Å²) in [6.07, 6.45) is 21.7. The van der Waals surface area contributed by atoms with Crippen LogP contribution in [-0.2, 0) is 0 Å². The molecule has 5 atom stereocenters. The van der Waals surface area contributed by atoms with Gasteiger partial charge in [0.2, 0.25) is 0 Å². The lowest BCUT2D eigenvalue weighted by molar-refractivity contribution is -0.0372. The maximum atomic E-state index is 8.39. The number of hydrogen-bond donors (Lipinski definition) is 1. The van der Waals surface area contributed by atoms with Crippen molar-refractivity contribution in [2.24, 2.45) is 28.1 Å². The second kappa shape index (κ2) is 13.9. The SMILES string of the molecule is C#C.C=CC1(C)C=C2CCC3C(C)(C(C)=N)CCCC3(C)C2CC1.CC.CC.CC. The Morgan fingerprint density at radius 1 is 1.00 bits per heavy atom. The minimum absolute atomic E-state index is 0.137. The van der Waals surface area contributed by atoms with Crippen LogP contribution in [0.4, 0.5) is 0 Å². The molecule has 0 saturated heterocycles. The van der Waals surface area contributed by atoms with Gasteiger partial charge in [-0.05, 0) is 62.7 Å². The molecule has 0 amide bonds. The lowest BCUT2D eigenvalue weighted by atomic mass is 9.44. The van der Waals surface area contributed by atoms with Crippen LogP contribution in [0.5, 0.6) is 0 Å². The Labute approximate surface area is 190 Å². The predicted molar refractivity (Wildman–Crippen MR) is 139 cm³/mol. The summed E-state index contributed by atoms with van der Waals surface area (Å²) in [6.45, 7) is 25.4. The fourth-order valence-corrected chi connectivity index (χ4v) is 6.14. The third kappa shape index (κ3) is 6.12. The lowest BCUT2D eigenvalue weighted by Gasteiger charge is -2.60. The monoisotopic (exact) mass is 415 g/mol. The van der Waals surface area contributed by atoms with Gasteiger partial charge in [0, 0.05) is 16.5 Å². The lowest BCUT2D eigenvalue weighted by Crippen LogP contribution is -2.53. The fourth-order valence-electron chi connectivity index (χ4n) is 6.14. The number of nitrogens with one attached hydrogen (secondary N) is 1. The molecule has 3 aliphatic carbocycles. The van der Waals surface area contributed by atoms with Crippen LogP contribution >= 0.6 is 0 Å². The van der Waals surface area contributed by atoms with E-state index in [4.69, 9.17) is 5.41 Å². The average Bonchev–Trinajstić information content (AvgIpc) is 2.79. The quantitative estimate of drug-likeness (QED) is 0.264. The van der Waals surface area contributed by atoms with Crippen LogP contribution in [-0.4, -0.2) is 5.71 Å². The van der Waals surface area contributed by atoms with Gasteiger partial charge in [-0.25, -0.2) is 0 Å². The highest BCUT2D eigenvalue weighted by molar-refractivity contribution is 5.85. The summed E-state index contributed by atoms with van der Waals surface area (Å²) in [5.41, 5.74) is 3.38. The first-order chi connectivity index (χ1) is 14.3. The van der Waals surface area contributed by atoms with Crippen LogP contribution in [0, 0.1) is 46.3 Å². The zero-order valence-corrected chi connectivity index (χ0v) is 22.1. The molecule has 0 bridgehead atoms. The van der Waals surface area contributed by atoms with Crippen molar-refractivity contribution in [1.29, 1.82) is 5.41 Å². The van der Waals surface area contributed by atoms with Crippen LogP contribution in [0.15, 0.2) is 24.3 Å². The first-order valence-electron chi connectivity index (χ1n) is 12.5. The van der Waals surface area contributed by atoms with Crippen molar-refractivity contribution in [2.45, 2.75) is 114 Å². The highest BCUT2D eigenvalue weighted by atomic mass is 14.6. The van der Waals surface area contributed by atoms with Crippen molar-refractivity contribution in [3.63, 3.8) is 0 Å². The molecule has 0 spiro atoms. The molecular weight excluding hydrogens is 362 g/mol. The topological polar surface area (TPSA) is 23.9 Å². The fraction of sp³-hybridized carbons (Fsp3) is 0.759. The Morgan fingerprint density at radius 3 is 2.00 bits per heavy atom. The van der Waals surface area contributed by atoms with Gasteiger partial charge in [0.25, 0.3) is 0 Å². The van der Waals surface area contributed by atoms with Crippen LogP contribution in [0.3, 0.4) is 0 Å². The van der Waals surface area contributed by atoms with E-state index in [9.17, 15) is 0 Å². The maximum absolute atomic E-state index is 8.39. The number of terminal acetylenes is 1. The number of fused-ring (bicyclic) bond motifs is 3. The zero-order chi connectivity index (χ0) is 24.2. The zero-order valence-electron chi connectivity index (χ0n) is 22.1. The van der Waals surface area contributed by atoms with E-state index in [1.807, 2.05) is 48.5 Å². The molecule has 30 heavy (non-hydrogen) atoms. The molecule has 1 nitrogen and oxygen atoms in total. The van der Waals surface area contributed by atoms with Crippen LogP contribution < -0.4 is 0 Å². The molecule has 0 aromatic heterocycles. The van der Waals surface area contributed by atoms with Gasteiger partial charge in [0.15, 0.2) is 0 Å². The number of allylic oxidation sites excluding steroid dienone is 3. The van der Waals surface area contributed by atoms with Gasteiger partial charge in [-0.1, -0.05) is 86.5 Å². The van der Waals surface area contributed by atoms with E-state index in [0.717, 1.165) is 11.6 Å². The van der Waals surface area contributed by atoms with Crippen molar-refractivity contribution in [3.8, 4) is 12.8 Å². The molecule has 0 radical (unpaired) electrons.